The Balaban J connectivity index is 3.05. The molecular formula is C11H18N2O5S2. The summed E-state index contributed by atoms with van der Waals surface area (Å²) in [7, 11) is -8.09. The predicted octanol–water partition coefficient (Wildman–Crippen LogP) is 0.0373. The minimum absolute atomic E-state index is 0.0368. The number of nitrogens with one attached hydrogen (secondary N) is 1. The maximum Gasteiger partial charge on any atom is 0.242 e. The van der Waals surface area contributed by atoms with Crippen LogP contribution in [0.5, 0.6) is 0 Å². The first-order chi connectivity index (χ1) is 9.18. The van der Waals surface area contributed by atoms with Crippen molar-refractivity contribution in [2.24, 2.45) is 5.14 Å². The van der Waals surface area contributed by atoms with E-state index in [0.29, 0.717) is 6.61 Å². The van der Waals surface area contributed by atoms with E-state index >= 15 is 0 Å². The third-order valence-electron chi connectivity index (χ3n) is 2.46. The number of ether oxygens (including phenoxy) is 1. The van der Waals surface area contributed by atoms with Crippen LogP contribution in [0.25, 0.3) is 0 Å². The summed E-state index contributed by atoms with van der Waals surface area (Å²) < 4.78 is 54.5. The molecular weight excluding hydrogens is 304 g/mol. The highest BCUT2D eigenvalue weighted by molar-refractivity contribution is 7.92. The Morgan fingerprint density at radius 2 is 1.75 bits per heavy atom. The van der Waals surface area contributed by atoms with E-state index in [9.17, 15) is 16.8 Å². The highest BCUT2D eigenvalue weighted by atomic mass is 32.2. The van der Waals surface area contributed by atoms with Crippen LogP contribution >= 0.6 is 0 Å². The monoisotopic (exact) mass is 322 g/mol. The minimum atomic E-state index is -4.12. The van der Waals surface area contributed by atoms with Crippen molar-refractivity contribution in [1.29, 1.82) is 0 Å². The first-order valence-electron chi connectivity index (χ1n) is 5.91. The van der Waals surface area contributed by atoms with Gasteiger partial charge in [0.1, 0.15) is 9.79 Å². The van der Waals surface area contributed by atoms with E-state index in [1.807, 2.05) is 0 Å². The van der Waals surface area contributed by atoms with Gasteiger partial charge in [-0.05, 0) is 26.0 Å². The van der Waals surface area contributed by atoms with Gasteiger partial charge in [0.2, 0.25) is 20.0 Å². The van der Waals surface area contributed by atoms with E-state index < -0.39 is 24.9 Å². The zero-order valence-electron chi connectivity index (χ0n) is 11.2. The number of rotatable bonds is 7. The van der Waals surface area contributed by atoms with Gasteiger partial charge in [0.15, 0.2) is 0 Å². The van der Waals surface area contributed by atoms with Crippen LogP contribution < -0.4 is 9.86 Å². The summed E-state index contributed by atoms with van der Waals surface area (Å²) in [5, 5.41) is 5.01. The topological polar surface area (TPSA) is 116 Å². The van der Waals surface area contributed by atoms with Crippen LogP contribution in [-0.2, 0) is 24.8 Å². The molecule has 1 aromatic carbocycles. The molecule has 1 atom stereocenters. The molecule has 0 spiro atoms. The number of hydrogen-bond donors (Lipinski definition) is 2. The van der Waals surface area contributed by atoms with E-state index in [0.717, 1.165) is 6.07 Å². The molecule has 0 aliphatic rings. The second-order valence-electron chi connectivity index (χ2n) is 4.11. The molecule has 0 aliphatic carbocycles. The van der Waals surface area contributed by atoms with Crippen LogP contribution in [0, 0.1) is 0 Å². The molecule has 0 heterocycles. The molecule has 9 heteroatoms. The molecule has 3 N–H and O–H groups in total. The van der Waals surface area contributed by atoms with Crippen molar-refractivity contribution in [1.82, 2.24) is 4.72 Å². The highest BCUT2D eigenvalue weighted by Gasteiger charge is 2.24. The third-order valence-corrected chi connectivity index (χ3v) is 5.04. The summed E-state index contributed by atoms with van der Waals surface area (Å²) >= 11 is 0. The van der Waals surface area contributed by atoms with Crippen molar-refractivity contribution >= 4 is 20.0 Å². The predicted molar refractivity (Wildman–Crippen MR) is 74.1 cm³/mol. The van der Waals surface area contributed by atoms with Gasteiger partial charge in [-0.3, -0.25) is 0 Å². The van der Waals surface area contributed by atoms with Crippen LogP contribution in [0.3, 0.4) is 0 Å². The quantitative estimate of drug-likeness (QED) is 0.735. The Kier molecular flexibility index (Phi) is 5.66. The van der Waals surface area contributed by atoms with Crippen molar-refractivity contribution in [3.63, 3.8) is 0 Å². The number of primary sulfonamides is 1. The normalized spacial score (nSPS) is 14.2. The molecule has 20 heavy (non-hydrogen) atoms. The minimum Gasteiger partial charge on any atom is -0.377 e. The molecule has 0 bridgehead atoms. The lowest BCUT2D eigenvalue weighted by molar-refractivity contribution is 0.0799. The number of benzene rings is 1. The van der Waals surface area contributed by atoms with Crippen molar-refractivity contribution in [2.75, 3.05) is 13.2 Å². The summed E-state index contributed by atoms with van der Waals surface area (Å²) in [6.07, 6.45) is -0.323. The Labute approximate surface area is 119 Å². The van der Waals surface area contributed by atoms with Crippen LogP contribution in [0.4, 0.5) is 0 Å². The summed E-state index contributed by atoms with van der Waals surface area (Å²) in [6, 6.07) is 5.17. The number of nitrogens with two attached hydrogens (primary N) is 1. The van der Waals surface area contributed by atoms with Crippen molar-refractivity contribution < 1.29 is 21.6 Å². The fourth-order valence-electron chi connectivity index (χ4n) is 1.56. The molecule has 0 saturated heterocycles. The summed E-state index contributed by atoms with van der Waals surface area (Å²) in [6.45, 7) is 3.99. The van der Waals surface area contributed by atoms with E-state index in [2.05, 4.69) is 4.72 Å². The Morgan fingerprint density at radius 3 is 2.25 bits per heavy atom. The van der Waals surface area contributed by atoms with Gasteiger partial charge in [0.25, 0.3) is 0 Å². The zero-order valence-corrected chi connectivity index (χ0v) is 12.9. The molecule has 1 aromatic rings. The fourth-order valence-corrected chi connectivity index (χ4v) is 4.05. The van der Waals surface area contributed by atoms with Gasteiger partial charge in [-0.25, -0.2) is 26.7 Å². The third kappa shape index (κ3) is 4.53. The van der Waals surface area contributed by atoms with Gasteiger partial charge in [-0.2, -0.15) is 0 Å². The Hall–Kier alpha value is -1.00. The standard InChI is InChI=1S/C11H18N2O5S2/c1-3-18-9(2)8-13-20(16,17)11-7-5-4-6-10(11)19(12,14)15/h4-7,9,13H,3,8H2,1-2H3,(H2,12,14,15). The molecule has 114 valence electrons. The van der Waals surface area contributed by atoms with E-state index in [4.69, 9.17) is 9.88 Å². The molecule has 0 aliphatic heterocycles. The van der Waals surface area contributed by atoms with Crippen LogP contribution in [0.1, 0.15) is 13.8 Å². The second kappa shape index (κ2) is 6.64. The van der Waals surface area contributed by atoms with Gasteiger partial charge in [-0.15, -0.1) is 0 Å². The SMILES string of the molecule is CCOC(C)CNS(=O)(=O)c1ccccc1S(N)(=O)=O. The number of hydrogen-bond acceptors (Lipinski definition) is 5. The molecule has 0 aromatic heterocycles. The maximum atomic E-state index is 12.1. The van der Waals surface area contributed by atoms with Crippen LogP contribution in [-0.4, -0.2) is 36.1 Å². The van der Waals surface area contributed by atoms with Crippen molar-refractivity contribution in [3.8, 4) is 0 Å². The van der Waals surface area contributed by atoms with Crippen LogP contribution in [0.2, 0.25) is 0 Å². The molecule has 0 fully saturated rings. The van der Waals surface area contributed by atoms with Gasteiger partial charge in [0.05, 0.1) is 6.10 Å². The Morgan fingerprint density at radius 1 is 1.20 bits per heavy atom. The Bertz CT molecular complexity index is 655. The number of sulfonamides is 2. The lowest BCUT2D eigenvalue weighted by Crippen LogP contribution is -2.33. The first-order valence-corrected chi connectivity index (χ1v) is 8.94. The average Bonchev–Trinajstić information content (AvgIpc) is 2.36. The summed E-state index contributed by atoms with van der Waals surface area (Å²) in [4.78, 5) is -0.803. The van der Waals surface area contributed by atoms with Gasteiger partial charge < -0.3 is 4.74 Å². The lowest BCUT2D eigenvalue weighted by atomic mass is 10.4. The summed E-state index contributed by atoms with van der Waals surface area (Å²) in [5.74, 6) is 0. The fraction of sp³-hybridized carbons (Fsp3) is 0.455. The molecule has 0 amide bonds. The van der Waals surface area contributed by atoms with Crippen molar-refractivity contribution in [2.45, 2.75) is 29.7 Å². The van der Waals surface area contributed by atoms with Crippen LogP contribution in [0.15, 0.2) is 34.1 Å². The molecule has 1 rings (SSSR count). The van der Waals surface area contributed by atoms with Crippen molar-refractivity contribution in [3.05, 3.63) is 24.3 Å². The average molecular weight is 322 g/mol. The zero-order chi connectivity index (χ0) is 15.4. The van der Waals surface area contributed by atoms with E-state index in [1.54, 1.807) is 13.8 Å². The molecule has 1 unspecified atom stereocenters. The van der Waals surface area contributed by atoms with E-state index in [-0.39, 0.29) is 17.5 Å². The first kappa shape index (κ1) is 17.1. The smallest absolute Gasteiger partial charge is 0.242 e. The van der Waals surface area contributed by atoms with Gasteiger partial charge in [-0.1, -0.05) is 12.1 Å². The second-order valence-corrected chi connectivity index (χ2v) is 7.37. The lowest BCUT2D eigenvalue weighted by Gasteiger charge is -2.14. The molecule has 0 radical (unpaired) electrons. The highest BCUT2D eigenvalue weighted by Crippen LogP contribution is 2.19. The maximum absolute atomic E-state index is 12.1. The van der Waals surface area contributed by atoms with E-state index in [1.165, 1.54) is 18.2 Å². The molecule has 7 nitrogen and oxygen atoms in total. The molecule has 0 saturated carbocycles. The summed E-state index contributed by atoms with van der Waals surface area (Å²) in [5.41, 5.74) is 0. The van der Waals surface area contributed by atoms with Gasteiger partial charge >= 0.3 is 0 Å². The van der Waals surface area contributed by atoms with Gasteiger partial charge in [0, 0.05) is 13.2 Å². The largest absolute Gasteiger partial charge is 0.377 e.